The molecule has 0 saturated heterocycles. The van der Waals surface area contributed by atoms with E-state index in [9.17, 15) is 0 Å². The molecule has 2 rings (SSSR count). The van der Waals surface area contributed by atoms with Gasteiger partial charge in [0.15, 0.2) is 0 Å². The molecule has 2 nitrogen and oxygen atoms in total. The molecule has 0 unspecified atom stereocenters. The van der Waals surface area contributed by atoms with Crippen molar-refractivity contribution in [3.05, 3.63) is 24.3 Å². The molecule has 1 N–H and O–H groups in total. The first-order valence-corrected chi connectivity index (χ1v) is 4.62. The molecular formula is C7H5NOSe. The summed E-state index contributed by atoms with van der Waals surface area (Å²) in [7, 11) is 0. The van der Waals surface area contributed by atoms with Gasteiger partial charge in [0.1, 0.15) is 0 Å². The molecule has 0 aliphatic carbocycles. The van der Waals surface area contributed by atoms with Crippen molar-refractivity contribution < 1.29 is 5.11 Å². The van der Waals surface area contributed by atoms with E-state index in [1.807, 2.05) is 24.3 Å². The Morgan fingerprint density at radius 2 is 2.10 bits per heavy atom. The Labute approximate surface area is 63.9 Å². The van der Waals surface area contributed by atoms with Crippen molar-refractivity contribution in [2.75, 3.05) is 0 Å². The molecule has 0 radical (unpaired) electrons. The molecule has 50 valence electrons. The molecule has 2 aromatic rings. The number of rotatable bonds is 0. The molecule has 1 aromatic heterocycles. The third-order valence-corrected chi connectivity index (χ3v) is 3.04. The maximum atomic E-state index is 9.03. The second-order valence-electron chi connectivity index (χ2n) is 1.96. The van der Waals surface area contributed by atoms with E-state index in [2.05, 4.69) is 4.98 Å². The number of fused-ring (bicyclic) bond motifs is 1. The third kappa shape index (κ3) is 0.838. The van der Waals surface area contributed by atoms with Crippen LogP contribution in [0.2, 0.25) is 0 Å². The van der Waals surface area contributed by atoms with Crippen LogP contribution in [-0.4, -0.2) is 24.6 Å². The van der Waals surface area contributed by atoms with Gasteiger partial charge in [-0.25, -0.2) is 0 Å². The van der Waals surface area contributed by atoms with Gasteiger partial charge in [-0.1, -0.05) is 0 Å². The first-order chi connectivity index (χ1) is 4.86. The van der Waals surface area contributed by atoms with Gasteiger partial charge >= 0.3 is 63.4 Å². The van der Waals surface area contributed by atoms with Gasteiger partial charge in [0.2, 0.25) is 0 Å². The van der Waals surface area contributed by atoms with E-state index in [1.54, 1.807) is 0 Å². The summed E-state index contributed by atoms with van der Waals surface area (Å²) in [6, 6.07) is 7.81. The maximum absolute atomic E-state index is 9.03. The van der Waals surface area contributed by atoms with Crippen LogP contribution in [0.25, 0.3) is 9.78 Å². The summed E-state index contributed by atoms with van der Waals surface area (Å²) in [5.74, 6) is 0. The Hall–Kier alpha value is -0.791. The van der Waals surface area contributed by atoms with Crippen molar-refractivity contribution in [2.45, 2.75) is 0 Å². The normalized spacial score (nSPS) is 10.4. The van der Waals surface area contributed by atoms with Crippen LogP contribution in [0.15, 0.2) is 24.3 Å². The molecule has 0 fully saturated rings. The van der Waals surface area contributed by atoms with Gasteiger partial charge in [-0.15, -0.1) is 0 Å². The van der Waals surface area contributed by atoms with E-state index in [1.165, 1.54) is 4.26 Å². The van der Waals surface area contributed by atoms with E-state index in [4.69, 9.17) is 5.11 Å². The van der Waals surface area contributed by atoms with Gasteiger partial charge in [0.25, 0.3) is 0 Å². The van der Waals surface area contributed by atoms with Gasteiger partial charge in [-0.05, 0) is 0 Å². The number of nitrogens with zero attached hydrogens (tertiary/aromatic N) is 1. The molecule has 0 aliphatic heterocycles. The SMILES string of the molecule is Oc1nc2ccccc2[se]1. The van der Waals surface area contributed by atoms with Crippen LogP contribution in [0.4, 0.5) is 0 Å². The molecule has 1 heterocycles. The fourth-order valence-electron chi connectivity index (χ4n) is 0.860. The Bertz CT molecular complexity index is 322. The quantitative estimate of drug-likeness (QED) is 0.640. The minimum atomic E-state index is 0.0661. The summed E-state index contributed by atoms with van der Waals surface area (Å²) in [6.07, 6.45) is 0. The zero-order chi connectivity index (χ0) is 6.97. The topological polar surface area (TPSA) is 33.1 Å². The summed E-state index contributed by atoms with van der Waals surface area (Å²) in [5, 5.41) is 9.03. The Kier molecular flexibility index (Phi) is 1.26. The number of hydrogen-bond acceptors (Lipinski definition) is 2. The molecular weight excluding hydrogens is 193 g/mol. The zero-order valence-electron chi connectivity index (χ0n) is 5.11. The minimum absolute atomic E-state index is 0.0661. The van der Waals surface area contributed by atoms with Crippen LogP contribution in [0, 0.1) is 0 Å². The monoisotopic (exact) mass is 199 g/mol. The molecule has 0 aliphatic rings. The molecule has 0 atom stereocenters. The number of hydrogen-bond donors (Lipinski definition) is 1. The summed E-state index contributed by atoms with van der Waals surface area (Å²) in [4.78, 5) is 3.95. The van der Waals surface area contributed by atoms with Crippen molar-refractivity contribution >= 4 is 24.3 Å². The average Bonchev–Trinajstić information content (AvgIpc) is 2.27. The predicted octanol–water partition coefficient (Wildman–Crippen LogP) is 0.997. The average molecular weight is 198 g/mol. The van der Waals surface area contributed by atoms with Crippen LogP contribution in [0.3, 0.4) is 0 Å². The second kappa shape index (κ2) is 2.11. The van der Waals surface area contributed by atoms with Crippen molar-refractivity contribution in [3.63, 3.8) is 0 Å². The first kappa shape index (κ1) is 5.95. The Morgan fingerprint density at radius 1 is 1.30 bits per heavy atom. The van der Waals surface area contributed by atoms with Crippen LogP contribution < -0.4 is 0 Å². The van der Waals surface area contributed by atoms with Gasteiger partial charge in [-0.3, -0.25) is 0 Å². The number of aromatic hydroxyl groups is 1. The van der Waals surface area contributed by atoms with Crippen molar-refractivity contribution in [3.8, 4) is 4.75 Å². The van der Waals surface area contributed by atoms with Crippen LogP contribution in [0.5, 0.6) is 4.75 Å². The molecule has 0 amide bonds. The van der Waals surface area contributed by atoms with Crippen LogP contribution in [-0.2, 0) is 0 Å². The predicted molar refractivity (Wildman–Crippen MR) is 40.3 cm³/mol. The third-order valence-electron chi connectivity index (χ3n) is 1.28. The Morgan fingerprint density at radius 3 is 2.90 bits per heavy atom. The molecule has 1 aromatic carbocycles. The second-order valence-corrected chi connectivity index (χ2v) is 4.08. The molecule has 0 bridgehead atoms. The molecule has 0 spiro atoms. The summed E-state index contributed by atoms with van der Waals surface area (Å²) < 4.78 is 1.46. The van der Waals surface area contributed by atoms with Gasteiger partial charge < -0.3 is 0 Å². The van der Waals surface area contributed by atoms with Crippen molar-refractivity contribution in [1.29, 1.82) is 0 Å². The fraction of sp³-hybridized carbons (Fsp3) is 0. The molecule has 3 heteroatoms. The van der Waals surface area contributed by atoms with E-state index < -0.39 is 0 Å². The summed E-state index contributed by atoms with van der Waals surface area (Å²) >= 11 is 0.0661. The number of para-hydroxylation sites is 1. The first-order valence-electron chi connectivity index (χ1n) is 2.91. The van der Waals surface area contributed by atoms with Gasteiger partial charge in [0, 0.05) is 0 Å². The summed E-state index contributed by atoms with van der Waals surface area (Å²) in [6.45, 7) is 0. The van der Waals surface area contributed by atoms with Crippen molar-refractivity contribution in [2.24, 2.45) is 0 Å². The Balaban J connectivity index is 2.88. The van der Waals surface area contributed by atoms with E-state index in [-0.39, 0.29) is 19.3 Å². The van der Waals surface area contributed by atoms with E-state index >= 15 is 0 Å². The van der Waals surface area contributed by atoms with Gasteiger partial charge in [-0.2, -0.15) is 0 Å². The molecule has 10 heavy (non-hydrogen) atoms. The number of aromatic nitrogens is 1. The molecule has 0 saturated carbocycles. The van der Waals surface area contributed by atoms with E-state index in [0.29, 0.717) is 0 Å². The van der Waals surface area contributed by atoms with E-state index in [0.717, 1.165) is 5.52 Å². The van der Waals surface area contributed by atoms with Crippen LogP contribution in [0.1, 0.15) is 0 Å². The van der Waals surface area contributed by atoms with Crippen molar-refractivity contribution in [1.82, 2.24) is 4.98 Å². The zero-order valence-corrected chi connectivity index (χ0v) is 6.83. The standard InChI is InChI=1S/C7H5NOSe/c9-7-8-5-3-1-2-4-6(5)10-7/h1-4H,(H,8,9). The summed E-state index contributed by atoms with van der Waals surface area (Å²) in [5.41, 5.74) is 0.931. The number of benzene rings is 1. The van der Waals surface area contributed by atoms with Crippen LogP contribution >= 0.6 is 0 Å². The van der Waals surface area contributed by atoms with Gasteiger partial charge in [0.05, 0.1) is 0 Å². The fourth-order valence-corrected chi connectivity index (χ4v) is 2.34.